The maximum Gasteiger partial charge on any atom is 0.198 e. The lowest BCUT2D eigenvalue weighted by molar-refractivity contribution is 0.194. The van der Waals surface area contributed by atoms with Gasteiger partial charge in [0.25, 0.3) is 0 Å². The molecule has 0 N–H and O–H groups in total. The van der Waals surface area contributed by atoms with Crippen molar-refractivity contribution in [1.82, 2.24) is 0 Å². The van der Waals surface area contributed by atoms with Gasteiger partial charge in [-0.25, -0.2) is 0 Å². The Labute approximate surface area is 70.8 Å². The van der Waals surface area contributed by atoms with Crippen molar-refractivity contribution in [3.8, 4) is 6.07 Å². The van der Waals surface area contributed by atoms with E-state index in [1.54, 1.807) is 6.08 Å². The van der Waals surface area contributed by atoms with Gasteiger partial charge in [0.1, 0.15) is 12.2 Å². The van der Waals surface area contributed by atoms with Gasteiger partial charge in [-0.2, -0.15) is 5.26 Å². The lowest BCUT2D eigenvalue weighted by Gasteiger charge is -2.20. The van der Waals surface area contributed by atoms with Gasteiger partial charge in [0.2, 0.25) is 0 Å². The van der Waals surface area contributed by atoms with E-state index in [-0.39, 0.29) is 6.10 Å². The highest BCUT2D eigenvalue weighted by Gasteiger charge is 2.16. The highest BCUT2D eigenvalue weighted by Crippen LogP contribution is 2.21. The Morgan fingerprint density at radius 1 is 1.33 bits per heavy atom. The molecule has 0 bridgehead atoms. The van der Waals surface area contributed by atoms with Gasteiger partial charge in [-0.3, -0.25) is 0 Å². The van der Waals surface area contributed by atoms with Crippen LogP contribution in [0.3, 0.4) is 0 Å². The minimum absolute atomic E-state index is 0.0605. The van der Waals surface area contributed by atoms with E-state index in [1.165, 1.54) is 0 Å². The molecule has 0 fully saturated rings. The van der Waals surface area contributed by atoms with E-state index < -0.39 is 0 Å². The van der Waals surface area contributed by atoms with E-state index >= 15 is 0 Å². The molecule has 1 heterocycles. The molecule has 0 aromatic heterocycles. The van der Waals surface area contributed by atoms with E-state index in [2.05, 4.69) is 0 Å². The van der Waals surface area contributed by atoms with Crippen LogP contribution in [0, 0.1) is 11.3 Å². The van der Waals surface area contributed by atoms with Gasteiger partial charge in [0.15, 0.2) is 5.76 Å². The van der Waals surface area contributed by atoms with Gasteiger partial charge in [-0.1, -0.05) is 24.3 Å². The second-order valence-corrected chi connectivity index (χ2v) is 2.59. The Kier molecular flexibility index (Phi) is 1.56. The average molecular weight is 157 g/mol. The van der Waals surface area contributed by atoms with Crippen molar-refractivity contribution >= 4 is 0 Å². The first-order valence-electron chi connectivity index (χ1n) is 3.73. The van der Waals surface area contributed by atoms with Crippen molar-refractivity contribution in [3.05, 3.63) is 47.8 Å². The number of allylic oxidation sites excluding steroid dienone is 5. The fourth-order valence-corrected chi connectivity index (χ4v) is 1.21. The van der Waals surface area contributed by atoms with Crippen molar-refractivity contribution in [2.45, 2.75) is 6.10 Å². The summed E-state index contributed by atoms with van der Waals surface area (Å²) in [5, 5.41) is 8.57. The van der Waals surface area contributed by atoms with Crippen LogP contribution in [0.5, 0.6) is 0 Å². The largest absolute Gasteiger partial charge is 0.471 e. The third kappa shape index (κ3) is 1.06. The van der Waals surface area contributed by atoms with Crippen molar-refractivity contribution < 1.29 is 4.74 Å². The van der Waals surface area contributed by atoms with Crippen LogP contribution in [0.4, 0.5) is 0 Å². The zero-order valence-electron chi connectivity index (χ0n) is 6.40. The van der Waals surface area contributed by atoms with Gasteiger partial charge in [0, 0.05) is 0 Å². The molecule has 1 aliphatic heterocycles. The van der Waals surface area contributed by atoms with E-state index in [9.17, 15) is 0 Å². The van der Waals surface area contributed by atoms with Crippen LogP contribution in [0.15, 0.2) is 47.8 Å². The molecule has 2 nitrogen and oxygen atoms in total. The van der Waals surface area contributed by atoms with E-state index in [0.717, 1.165) is 5.57 Å². The zero-order valence-corrected chi connectivity index (χ0v) is 6.40. The van der Waals surface area contributed by atoms with Crippen LogP contribution in [0.25, 0.3) is 0 Å². The topological polar surface area (TPSA) is 33.0 Å². The van der Waals surface area contributed by atoms with Crippen molar-refractivity contribution in [1.29, 1.82) is 5.26 Å². The first kappa shape index (κ1) is 6.93. The lowest BCUT2D eigenvalue weighted by Crippen LogP contribution is -2.15. The van der Waals surface area contributed by atoms with Crippen LogP contribution in [0.2, 0.25) is 0 Å². The molecule has 58 valence electrons. The molecule has 0 aromatic carbocycles. The van der Waals surface area contributed by atoms with Gasteiger partial charge < -0.3 is 4.74 Å². The van der Waals surface area contributed by atoms with Gasteiger partial charge in [-0.15, -0.1) is 0 Å². The van der Waals surface area contributed by atoms with E-state index in [4.69, 9.17) is 10.00 Å². The first-order chi connectivity index (χ1) is 5.90. The summed E-state index contributed by atoms with van der Waals surface area (Å²) < 4.78 is 5.33. The number of fused-ring (bicyclic) bond motifs is 1. The van der Waals surface area contributed by atoms with Crippen LogP contribution in [-0.2, 0) is 4.74 Å². The highest BCUT2D eigenvalue weighted by atomic mass is 16.5. The summed E-state index contributed by atoms with van der Waals surface area (Å²) in [5.41, 5.74) is 1.09. The average Bonchev–Trinajstić information content (AvgIpc) is 2.17. The molecule has 1 unspecified atom stereocenters. The van der Waals surface area contributed by atoms with E-state index in [0.29, 0.717) is 5.76 Å². The van der Waals surface area contributed by atoms with Gasteiger partial charge >= 0.3 is 0 Å². The van der Waals surface area contributed by atoms with Crippen LogP contribution in [0.1, 0.15) is 0 Å². The Balaban J connectivity index is 2.33. The fourth-order valence-electron chi connectivity index (χ4n) is 1.21. The minimum Gasteiger partial charge on any atom is -0.471 e. The molecule has 0 aromatic rings. The third-order valence-corrected chi connectivity index (χ3v) is 1.81. The van der Waals surface area contributed by atoms with Crippen LogP contribution >= 0.6 is 0 Å². The fraction of sp³-hybridized carbons (Fsp3) is 0.100. The summed E-state index contributed by atoms with van der Waals surface area (Å²) in [7, 11) is 0. The van der Waals surface area contributed by atoms with Crippen LogP contribution in [-0.4, -0.2) is 6.10 Å². The molecular formula is C10H7NO. The normalized spacial score (nSPS) is 24.8. The van der Waals surface area contributed by atoms with E-state index in [1.807, 2.05) is 36.4 Å². The Hall–Kier alpha value is -1.75. The molecule has 1 atom stereocenters. The summed E-state index contributed by atoms with van der Waals surface area (Å²) >= 11 is 0. The molecule has 1 aliphatic carbocycles. The number of nitrogens with zero attached hydrogens (tertiary/aromatic N) is 1. The summed E-state index contributed by atoms with van der Waals surface area (Å²) in [6, 6.07) is 1.97. The summed E-state index contributed by atoms with van der Waals surface area (Å²) in [5.74, 6) is 0.378. The molecule has 0 spiro atoms. The maximum atomic E-state index is 8.57. The predicted octanol–water partition coefficient (Wildman–Crippen LogP) is 1.85. The second kappa shape index (κ2) is 2.71. The zero-order chi connectivity index (χ0) is 8.39. The molecule has 0 radical (unpaired) electrons. The number of rotatable bonds is 0. The molecule has 0 saturated carbocycles. The maximum absolute atomic E-state index is 8.57. The minimum atomic E-state index is -0.0605. The van der Waals surface area contributed by atoms with Crippen molar-refractivity contribution in [3.63, 3.8) is 0 Å². The van der Waals surface area contributed by atoms with Crippen LogP contribution < -0.4 is 0 Å². The predicted molar refractivity (Wildman–Crippen MR) is 44.9 cm³/mol. The molecule has 2 aliphatic rings. The molecule has 2 rings (SSSR count). The van der Waals surface area contributed by atoms with Gasteiger partial charge in [0.05, 0.1) is 0 Å². The Morgan fingerprint density at radius 2 is 2.25 bits per heavy atom. The number of nitriles is 1. The monoisotopic (exact) mass is 157 g/mol. The number of ether oxygens (including phenoxy) is 1. The third-order valence-electron chi connectivity index (χ3n) is 1.81. The summed E-state index contributed by atoms with van der Waals surface area (Å²) in [6.07, 6.45) is 11.3. The smallest absolute Gasteiger partial charge is 0.198 e. The Bertz CT molecular complexity index is 353. The van der Waals surface area contributed by atoms with Crippen molar-refractivity contribution in [2.24, 2.45) is 0 Å². The molecule has 12 heavy (non-hydrogen) atoms. The Morgan fingerprint density at radius 3 is 3.08 bits per heavy atom. The quantitative estimate of drug-likeness (QED) is 0.537. The molecule has 0 saturated heterocycles. The molecular weight excluding hydrogens is 150 g/mol. The molecule has 2 heteroatoms. The summed E-state index contributed by atoms with van der Waals surface area (Å²) in [6.45, 7) is 0. The number of hydrogen-bond acceptors (Lipinski definition) is 2. The summed E-state index contributed by atoms with van der Waals surface area (Å²) in [4.78, 5) is 0. The molecule has 0 amide bonds. The second-order valence-electron chi connectivity index (χ2n) is 2.59. The van der Waals surface area contributed by atoms with Gasteiger partial charge in [-0.05, 0) is 17.7 Å². The highest BCUT2D eigenvalue weighted by molar-refractivity contribution is 5.41. The standard InChI is InChI=1S/C10H7NO/c11-7-9-6-5-8-3-1-2-4-10(8)12-9/h1-6,10H. The SMILES string of the molecule is N#CC1=CC=C2C=CC=CC2O1. The lowest BCUT2D eigenvalue weighted by atomic mass is 10.0. The first-order valence-corrected chi connectivity index (χ1v) is 3.73. The van der Waals surface area contributed by atoms with Crippen molar-refractivity contribution in [2.75, 3.05) is 0 Å². The number of hydrogen-bond donors (Lipinski definition) is 0.